The summed E-state index contributed by atoms with van der Waals surface area (Å²) in [5.74, 6) is -0.317. The van der Waals surface area contributed by atoms with Gasteiger partial charge in [0.05, 0.1) is 12.6 Å². The predicted molar refractivity (Wildman–Crippen MR) is 78.7 cm³/mol. The molecule has 1 aromatic rings. The number of carbonyl (C=O) groups excluding carboxylic acids is 1. The maximum Gasteiger partial charge on any atom is 0.236 e. The molecule has 0 radical (unpaired) electrons. The van der Waals surface area contributed by atoms with E-state index >= 15 is 0 Å². The molecule has 0 saturated carbocycles. The topological polar surface area (TPSA) is 49.6 Å². The Hall–Kier alpha value is -1.46. The van der Waals surface area contributed by atoms with Gasteiger partial charge in [-0.05, 0) is 19.5 Å². The molecule has 2 unspecified atom stereocenters. The van der Waals surface area contributed by atoms with Gasteiger partial charge in [0.1, 0.15) is 5.82 Å². The zero-order chi connectivity index (χ0) is 15.3. The fraction of sp³-hybridized carbons (Fsp3) is 0.533. The highest BCUT2D eigenvalue weighted by Gasteiger charge is 2.27. The summed E-state index contributed by atoms with van der Waals surface area (Å²) in [4.78, 5) is 15.2. The van der Waals surface area contributed by atoms with E-state index < -0.39 is 0 Å². The Bertz CT molecular complexity index is 450. The maximum atomic E-state index is 14.0. The number of benzene rings is 1. The zero-order valence-corrected chi connectivity index (χ0v) is 12.6. The Balaban J connectivity index is 3.01. The summed E-state index contributed by atoms with van der Waals surface area (Å²) in [6, 6.07) is 6.05. The van der Waals surface area contributed by atoms with E-state index in [1.807, 2.05) is 11.8 Å². The summed E-state index contributed by atoms with van der Waals surface area (Å²) in [6.45, 7) is 2.17. The smallest absolute Gasteiger partial charge is 0.236 e. The summed E-state index contributed by atoms with van der Waals surface area (Å²) in [7, 11) is 5.20. The Labute approximate surface area is 120 Å². The van der Waals surface area contributed by atoms with Crippen LogP contribution in [0.2, 0.25) is 0 Å². The van der Waals surface area contributed by atoms with E-state index in [4.69, 9.17) is 5.73 Å². The molecule has 1 rings (SSSR count). The van der Waals surface area contributed by atoms with Gasteiger partial charge < -0.3 is 10.6 Å². The molecular formula is C15H24FN3O. The average Bonchev–Trinajstić information content (AvgIpc) is 2.40. The van der Waals surface area contributed by atoms with E-state index in [0.717, 1.165) is 0 Å². The first-order chi connectivity index (χ1) is 9.38. The molecule has 5 heteroatoms. The van der Waals surface area contributed by atoms with Crippen molar-refractivity contribution in [3.8, 4) is 0 Å². The van der Waals surface area contributed by atoms with E-state index in [1.54, 1.807) is 39.3 Å². The van der Waals surface area contributed by atoms with Gasteiger partial charge in [-0.2, -0.15) is 0 Å². The Morgan fingerprint density at radius 1 is 1.30 bits per heavy atom. The zero-order valence-electron chi connectivity index (χ0n) is 12.6. The van der Waals surface area contributed by atoms with Crippen molar-refractivity contribution in [2.75, 3.05) is 27.7 Å². The Kier molecular flexibility index (Phi) is 6.10. The Morgan fingerprint density at radius 3 is 2.40 bits per heavy atom. The van der Waals surface area contributed by atoms with Gasteiger partial charge in [-0.1, -0.05) is 25.1 Å². The third kappa shape index (κ3) is 4.02. The molecule has 1 amide bonds. The van der Waals surface area contributed by atoms with Gasteiger partial charge in [-0.25, -0.2) is 4.39 Å². The third-order valence-electron chi connectivity index (χ3n) is 3.46. The quantitative estimate of drug-likeness (QED) is 0.862. The van der Waals surface area contributed by atoms with Crippen LogP contribution in [0.25, 0.3) is 0 Å². The number of rotatable bonds is 6. The van der Waals surface area contributed by atoms with Crippen LogP contribution in [0, 0.1) is 5.82 Å². The summed E-state index contributed by atoms with van der Waals surface area (Å²) in [5.41, 5.74) is 6.68. The van der Waals surface area contributed by atoms with E-state index in [1.165, 1.54) is 11.0 Å². The minimum absolute atomic E-state index is 0.0304. The number of amides is 1. The van der Waals surface area contributed by atoms with Crippen molar-refractivity contribution < 1.29 is 9.18 Å². The van der Waals surface area contributed by atoms with Crippen LogP contribution in [0.15, 0.2) is 24.3 Å². The van der Waals surface area contributed by atoms with Crippen LogP contribution in [0.1, 0.15) is 24.9 Å². The molecular weight excluding hydrogens is 257 g/mol. The molecule has 4 nitrogen and oxygen atoms in total. The highest BCUT2D eigenvalue weighted by Crippen LogP contribution is 2.26. The SMILES string of the molecule is CCC(N)C(c1ccccc1F)N(C)CC(=O)N(C)C. The summed E-state index contributed by atoms with van der Waals surface area (Å²) < 4.78 is 14.0. The molecule has 20 heavy (non-hydrogen) atoms. The molecule has 0 heterocycles. The van der Waals surface area contributed by atoms with Crippen LogP contribution in [0.4, 0.5) is 4.39 Å². The van der Waals surface area contributed by atoms with Gasteiger partial charge in [0.25, 0.3) is 0 Å². The lowest BCUT2D eigenvalue weighted by Gasteiger charge is -2.33. The molecule has 112 valence electrons. The van der Waals surface area contributed by atoms with Crippen LogP contribution in [-0.4, -0.2) is 49.4 Å². The minimum Gasteiger partial charge on any atom is -0.348 e. The largest absolute Gasteiger partial charge is 0.348 e. The first-order valence-electron chi connectivity index (χ1n) is 6.78. The van der Waals surface area contributed by atoms with E-state index in [0.29, 0.717) is 12.0 Å². The molecule has 0 saturated heterocycles. The lowest BCUT2D eigenvalue weighted by Crippen LogP contribution is -2.43. The molecule has 1 aromatic carbocycles. The van der Waals surface area contributed by atoms with Crippen LogP contribution in [-0.2, 0) is 4.79 Å². The van der Waals surface area contributed by atoms with Gasteiger partial charge in [0.2, 0.25) is 5.91 Å². The number of carbonyl (C=O) groups is 1. The van der Waals surface area contributed by atoms with E-state index in [9.17, 15) is 9.18 Å². The van der Waals surface area contributed by atoms with E-state index in [-0.39, 0.29) is 30.4 Å². The Morgan fingerprint density at radius 2 is 1.90 bits per heavy atom. The summed E-state index contributed by atoms with van der Waals surface area (Å²) >= 11 is 0. The molecule has 0 aliphatic carbocycles. The van der Waals surface area contributed by atoms with Crippen LogP contribution < -0.4 is 5.73 Å². The molecule has 0 spiro atoms. The predicted octanol–water partition coefficient (Wildman–Crippen LogP) is 1.62. The number of likely N-dealkylation sites (N-methyl/N-ethyl adjacent to an activating group) is 2. The fourth-order valence-electron chi connectivity index (χ4n) is 2.19. The van der Waals surface area contributed by atoms with Crippen molar-refractivity contribution in [3.05, 3.63) is 35.6 Å². The molecule has 0 aliphatic rings. The average molecular weight is 281 g/mol. The van der Waals surface area contributed by atoms with Crippen molar-refractivity contribution in [3.63, 3.8) is 0 Å². The normalized spacial score (nSPS) is 14.2. The van der Waals surface area contributed by atoms with Gasteiger partial charge in [-0.3, -0.25) is 9.69 Å². The second-order valence-corrected chi connectivity index (χ2v) is 5.24. The highest BCUT2D eigenvalue weighted by atomic mass is 19.1. The minimum atomic E-state index is -0.315. The van der Waals surface area contributed by atoms with Gasteiger partial charge in [-0.15, -0.1) is 0 Å². The lowest BCUT2D eigenvalue weighted by atomic mass is 9.96. The van der Waals surface area contributed by atoms with Crippen LogP contribution in [0.3, 0.4) is 0 Å². The summed E-state index contributed by atoms with van der Waals surface area (Å²) in [5, 5.41) is 0. The van der Waals surface area contributed by atoms with E-state index in [2.05, 4.69) is 0 Å². The highest BCUT2D eigenvalue weighted by molar-refractivity contribution is 5.77. The van der Waals surface area contributed by atoms with Crippen molar-refractivity contribution in [2.45, 2.75) is 25.4 Å². The van der Waals surface area contributed by atoms with Crippen LogP contribution >= 0.6 is 0 Å². The molecule has 0 fully saturated rings. The van der Waals surface area contributed by atoms with Gasteiger partial charge in [0, 0.05) is 25.7 Å². The number of halogens is 1. The van der Waals surface area contributed by atoms with Crippen molar-refractivity contribution in [1.29, 1.82) is 0 Å². The number of hydrogen-bond acceptors (Lipinski definition) is 3. The van der Waals surface area contributed by atoms with Gasteiger partial charge >= 0.3 is 0 Å². The monoisotopic (exact) mass is 281 g/mol. The third-order valence-corrected chi connectivity index (χ3v) is 3.46. The van der Waals surface area contributed by atoms with Crippen molar-refractivity contribution in [1.82, 2.24) is 9.80 Å². The van der Waals surface area contributed by atoms with Crippen LogP contribution in [0.5, 0.6) is 0 Å². The molecule has 2 atom stereocenters. The lowest BCUT2D eigenvalue weighted by molar-refractivity contribution is -0.130. The first kappa shape index (κ1) is 16.6. The molecule has 2 N–H and O–H groups in total. The fourth-order valence-corrected chi connectivity index (χ4v) is 2.19. The summed E-state index contributed by atoms with van der Waals surface area (Å²) in [6.07, 6.45) is 0.708. The number of hydrogen-bond donors (Lipinski definition) is 1. The second-order valence-electron chi connectivity index (χ2n) is 5.24. The van der Waals surface area contributed by atoms with Crippen molar-refractivity contribution in [2.24, 2.45) is 5.73 Å². The maximum absolute atomic E-state index is 14.0. The number of nitrogens with two attached hydrogens (primary N) is 1. The van der Waals surface area contributed by atoms with Crippen molar-refractivity contribution >= 4 is 5.91 Å². The molecule has 0 bridgehead atoms. The molecule has 0 aromatic heterocycles. The van der Waals surface area contributed by atoms with Gasteiger partial charge in [0.15, 0.2) is 0 Å². The first-order valence-corrected chi connectivity index (χ1v) is 6.78. The molecule has 0 aliphatic heterocycles. The number of nitrogens with zero attached hydrogens (tertiary/aromatic N) is 2. The second kappa shape index (κ2) is 7.36. The standard InChI is InChI=1S/C15H24FN3O/c1-5-13(17)15(11-8-6-7-9-12(11)16)19(4)10-14(20)18(2)3/h6-9,13,15H,5,10,17H2,1-4H3.